The zero-order chi connectivity index (χ0) is 22.3. The average Bonchev–Trinajstić information content (AvgIpc) is 2.69. The van der Waals surface area contributed by atoms with Gasteiger partial charge in [0, 0.05) is 31.3 Å². The third-order valence-corrected chi connectivity index (χ3v) is 5.61. The molecule has 3 N–H and O–H groups in total. The topological polar surface area (TPSA) is 107 Å². The third kappa shape index (κ3) is 4.28. The number of halogens is 2. The van der Waals surface area contributed by atoms with E-state index in [0.29, 0.717) is 17.8 Å². The highest BCUT2D eigenvalue weighted by Crippen LogP contribution is 2.31. The molecule has 2 aliphatic heterocycles. The molecule has 3 atom stereocenters. The van der Waals surface area contributed by atoms with Crippen LogP contribution in [-0.2, 0) is 9.59 Å². The first-order chi connectivity index (χ1) is 14.7. The molecule has 2 amide bonds. The van der Waals surface area contributed by atoms with Gasteiger partial charge in [0.25, 0.3) is 5.56 Å². The van der Waals surface area contributed by atoms with Crippen molar-refractivity contribution in [1.29, 1.82) is 0 Å². The number of hydrogen-bond donors (Lipinski definition) is 3. The highest BCUT2D eigenvalue weighted by atomic mass is 19.2. The number of fused-ring (bicyclic) bond motifs is 1. The van der Waals surface area contributed by atoms with Gasteiger partial charge in [0.15, 0.2) is 11.6 Å². The number of anilines is 3. The van der Waals surface area contributed by atoms with Crippen molar-refractivity contribution in [1.82, 2.24) is 9.97 Å². The van der Waals surface area contributed by atoms with Gasteiger partial charge in [0.05, 0.1) is 11.5 Å². The molecule has 1 fully saturated rings. The van der Waals surface area contributed by atoms with Crippen LogP contribution in [0.4, 0.5) is 26.2 Å². The van der Waals surface area contributed by atoms with Crippen LogP contribution >= 0.6 is 0 Å². The lowest BCUT2D eigenvalue weighted by molar-refractivity contribution is -0.123. The van der Waals surface area contributed by atoms with Gasteiger partial charge in [0.1, 0.15) is 5.82 Å². The maximum atomic E-state index is 13.5. The summed E-state index contributed by atoms with van der Waals surface area (Å²) < 4.78 is 26.6. The SMILES string of the molecule is C[C@H]1C[C@H](C)CN(c2nc3c(c(=O)[nH]2)[C@@H](C(=O)Nc2ccc(F)c(F)c2)CC(=O)N3)C1. The molecule has 0 spiro atoms. The smallest absolute Gasteiger partial charge is 0.258 e. The number of carbonyl (C=O) groups is 2. The van der Waals surface area contributed by atoms with Crippen LogP contribution in [0.2, 0.25) is 0 Å². The molecule has 3 heterocycles. The lowest BCUT2D eigenvalue weighted by Gasteiger charge is -2.35. The van der Waals surface area contributed by atoms with Gasteiger partial charge < -0.3 is 15.5 Å². The first kappa shape index (κ1) is 21.0. The highest BCUT2D eigenvalue weighted by molar-refractivity contribution is 6.04. The van der Waals surface area contributed by atoms with E-state index >= 15 is 0 Å². The summed E-state index contributed by atoms with van der Waals surface area (Å²) in [4.78, 5) is 47.1. The van der Waals surface area contributed by atoms with Crippen molar-refractivity contribution in [3.05, 3.63) is 45.8 Å². The molecule has 164 valence electrons. The van der Waals surface area contributed by atoms with Gasteiger partial charge in [-0.3, -0.25) is 19.4 Å². The van der Waals surface area contributed by atoms with E-state index in [1.807, 2.05) is 4.90 Å². The van der Waals surface area contributed by atoms with Crippen molar-refractivity contribution in [2.45, 2.75) is 32.6 Å². The fraction of sp³-hybridized carbons (Fsp3) is 0.429. The number of aromatic amines is 1. The summed E-state index contributed by atoms with van der Waals surface area (Å²) in [6.45, 7) is 5.69. The van der Waals surface area contributed by atoms with Gasteiger partial charge in [-0.25, -0.2) is 8.78 Å². The van der Waals surface area contributed by atoms with Crippen molar-refractivity contribution in [2.75, 3.05) is 28.6 Å². The first-order valence-electron chi connectivity index (χ1n) is 10.2. The third-order valence-electron chi connectivity index (χ3n) is 5.61. The van der Waals surface area contributed by atoms with Gasteiger partial charge >= 0.3 is 0 Å². The van der Waals surface area contributed by atoms with Crippen LogP contribution in [-0.4, -0.2) is 34.9 Å². The normalized spacial score (nSPS) is 23.2. The van der Waals surface area contributed by atoms with E-state index in [-0.39, 0.29) is 23.5 Å². The van der Waals surface area contributed by atoms with Gasteiger partial charge in [-0.15, -0.1) is 0 Å². The molecule has 1 saturated heterocycles. The van der Waals surface area contributed by atoms with E-state index in [1.54, 1.807) is 0 Å². The Bertz CT molecular complexity index is 1090. The second kappa shape index (κ2) is 8.09. The summed E-state index contributed by atoms with van der Waals surface area (Å²) >= 11 is 0. The van der Waals surface area contributed by atoms with Crippen LogP contribution in [0.1, 0.15) is 38.2 Å². The van der Waals surface area contributed by atoms with E-state index in [2.05, 4.69) is 34.4 Å². The molecule has 1 aromatic heterocycles. The van der Waals surface area contributed by atoms with Crippen LogP contribution < -0.4 is 21.1 Å². The molecule has 0 bridgehead atoms. The Balaban J connectivity index is 1.64. The molecule has 0 radical (unpaired) electrons. The number of hydrogen-bond acceptors (Lipinski definition) is 5. The minimum atomic E-state index is -1.12. The standard InChI is InChI=1S/C21H23F2N5O3/c1-10-5-11(2)9-28(8-10)21-26-18-17(20(31)27-21)13(7-16(29)25-18)19(30)24-12-3-4-14(22)15(23)6-12/h3-4,6,10-11,13H,5,7-9H2,1-2H3,(H,24,30)(H2,25,26,27,29,31)/t10-,11-,13-/m0/s1. The summed E-state index contributed by atoms with van der Waals surface area (Å²) in [7, 11) is 0. The number of piperidine rings is 1. The molecular weight excluding hydrogens is 408 g/mol. The maximum Gasteiger partial charge on any atom is 0.258 e. The van der Waals surface area contributed by atoms with Crippen LogP contribution in [0.3, 0.4) is 0 Å². The van der Waals surface area contributed by atoms with Crippen molar-refractivity contribution in [3.63, 3.8) is 0 Å². The molecule has 1 aromatic carbocycles. The largest absolute Gasteiger partial charge is 0.342 e. The van der Waals surface area contributed by atoms with Gasteiger partial charge in [-0.05, 0) is 30.4 Å². The van der Waals surface area contributed by atoms with Crippen molar-refractivity contribution >= 4 is 29.3 Å². The minimum absolute atomic E-state index is 0.0220. The zero-order valence-electron chi connectivity index (χ0n) is 17.2. The molecule has 0 saturated carbocycles. The maximum absolute atomic E-state index is 13.5. The van der Waals surface area contributed by atoms with E-state index in [0.717, 1.165) is 31.6 Å². The molecule has 31 heavy (non-hydrogen) atoms. The molecule has 8 nitrogen and oxygen atoms in total. The number of benzene rings is 1. The van der Waals surface area contributed by atoms with Crippen LogP contribution in [0, 0.1) is 23.5 Å². The number of rotatable bonds is 3. The molecular formula is C21H23F2N5O3. The molecule has 4 rings (SSSR count). The fourth-order valence-electron chi connectivity index (χ4n) is 4.37. The van der Waals surface area contributed by atoms with Crippen molar-refractivity contribution < 1.29 is 18.4 Å². The molecule has 0 unspecified atom stereocenters. The number of carbonyl (C=O) groups excluding carboxylic acids is 2. The quantitative estimate of drug-likeness (QED) is 0.693. The second-order valence-electron chi connectivity index (χ2n) is 8.43. The second-order valence-corrected chi connectivity index (χ2v) is 8.43. The average molecular weight is 431 g/mol. The summed E-state index contributed by atoms with van der Waals surface area (Å²) in [6.07, 6.45) is 0.818. The number of amides is 2. The Morgan fingerprint density at radius 3 is 2.55 bits per heavy atom. The first-order valence-corrected chi connectivity index (χ1v) is 10.2. The van der Waals surface area contributed by atoms with Crippen molar-refractivity contribution in [3.8, 4) is 0 Å². The van der Waals surface area contributed by atoms with E-state index in [1.165, 1.54) is 6.07 Å². The zero-order valence-corrected chi connectivity index (χ0v) is 17.2. The van der Waals surface area contributed by atoms with Gasteiger partial charge in [0.2, 0.25) is 17.8 Å². The van der Waals surface area contributed by atoms with Crippen LogP contribution in [0.25, 0.3) is 0 Å². The highest BCUT2D eigenvalue weighted by Gasteiger charge is 2.35. The fourth-order valence-corrected chi connectivity index (χ4v) is 4.37. The monoisotopic (exact) mass is 431 g/mol. The summed E-state index contributed by atoms with van der Waals surface area (Å²) in [5.74, 6) is -3.16. The van der Waals surface area contributed by atoms with Crippen LogP contribution in [0.15, 0.2) is 23.0 Å². The Kier molecular flexibility index (Phi) is 5.47. The Morgan fingerprint density at radius 2 is 1.87 bits per heavy atom. The minimum Gasteiger partial charge on any atom is -0.342 e. The number of nitrogens with zero attached hydrogens (tertiary/aromatic N) is 2. The lowest BCUT2D eigenvalue weighted by Crippen LogP contribution is -2.42. The van der Waals surface area contributed by atoms with E-state index < -0.39 is 34.9 Å². The molecule has 0 aliphatic carbocycles. The number of aromatic nitrogens is 2. The Labute approximate surface area is 177 Å². The summed E-state index contributed by atoms with van der Waals surface area (Å²) in [5, 5.41) is 5.02. The van der Waals surface area contributed by atoms with Gasteiger partial charge in [-0.1, -0.05) is 13.8 Å². The van der Waals surface area contributed by atoms with Gasteiger partial charge in [-0.2, -0.15) is 4.98 Å². The Hall–Kier alpha value is -3.30. The summed E-state index contributed by atoms with van der Waals surface area (Å²) in [6, 6.07) is 2.92. The number of nitrogens with one attached hydrogen (secondary N) is 3. The molecule has 2 aliphatic rings. The predicted octanol–water partition coefficient (Wildman–Crippen LogP) is 2.59. The lowest BCUT2D eigenvalue weighted by atomic mass is 9.91. The Morgan fingerprint density at radius 1 is 1.16 bits per heavy atom. The summed E-state index contributed by atoms with van der Waals surface area (Å²) in [5.41, 5.74) is -0.452. The predicted molar refractivity (Wildman–Crippen MR) is 111 cm³/mol. The molecule has 2 aromatic rings. The van der Waals surface area contributed by atoms with E-state index in [9.17, 15) is 23.2 Å². The van der Waals surface area contributed by atoms with Crippen LogP contribution in [0.5, 0.6) is 0 Å². The molecule has 10 heteroatoms. The number of H-pyrrole nitrogens is 1. The van der Waals surface area contributed by atoms with E-state index in [4.69, 9.17) is 0 Å². The van der Waals surface area contributed by atoms with Crippen molar-refractivity contribution in [2.24, 2.45) is 11.8 Å².